The second-order valence-corrected chi connectivity index (χ2v) is 10.7. The van der Waals surface area contributed by atoms with Gasteiger partial charge in [-0.1, -0.05) is 32.0 Å². The largest absolute Gasteiger partial charge is 0.508 e. The number of anilines is 2. The predicted octanol–water partition coefficient (Wildman–Crippen LogP) is 6.11. The van der Waals surface area contributed by atoms with Gasteiger partial charge >= 0.3 is 0 Å². The maximum atomic E-state index is 14.2. The average molecular weight is 598 g/mol. The molecule has 8 nitrogen and oxygen atoms in total. The molecule has 0 radical (unpaired) electrons. The zero-order valence-corrected chi connectivity index (χ0v) is 25.5. The summed E-state index contributed by atoms with van der Waals surface area (Å²) in [6, 6.07) is 15.4. The summed E-state index contributed by atoms with van der Waals surface area (Å²) in [7, 11) is 3.94. The number of aromatic nitrogens is 4. The summed E-state index contributed by atoms with van der Waals surface area (Å²) in [6.07, 6.45) is 7.97. The fraction of sp³-hybridized carbons (Fsp3) is 0.355. The summed E-state index contributed by atoms with van der Waals surface area (Å²) in [4.78, 5) is 27.3. The van der Waals surface area contributed by atoms with Crippen molar-refractivity contribution in [2.75, 3.05) is 23.9 Å². The number of rotatable bonds is 8. The molecule has 10 heteroatoms. The Morgan fingerprint density at radius 2 is 1.85 bits per heavy atom. The van der Waals surface area contributed by atoms with Crippen molar-refractivity contribution in [2.45, 2.75) is 58.0 Å². The molecular weight excluding hydrogens is 559 g/mol. The average Bonchev–Trinajstić information content (AvgIpc) is 3.38. The van der Waals surface area contributed by atoms with E-state index in [1.807, 2.05) is 83.4 Å². The molecule has 0 saturated heterocycles. The zero-order chi connectivity index (χ0) is 27.5. The van der Waals surface area contributed by atoms with E-state index in [4.69, 9.17) is 4.98 Å². The van der Waals surface area contributed by atoms with Gasteiger partial charge in [0, 0.05) is 31.5 Å². The number of hydrogen-bond donors (Lipinski definition) is 1. The van der Waals surface area contributed by atoms with Gasteiger partial charge in [-0.2, -0.15) is 5.10 Å². The maximum Gasteiger partial charge on any atom is 0.234 e. The number of amides is 1. The van der Waals surface area contributed by atoms with Crippen LogP contribution < -0.4 is 9.80 Å². The first-order valence-electron chi connectivity index (χ1n) is 13.5. The molecule has 41 heavy (non-hydrogen) atoms. The number of carbonyl (C=O) groups excluding carboxylic acids is 1. The van der Waals surface area contributed by atoms with E-state index in [-0.39, 0.29) is 42.4 Å². The van der Waals surface area contributed by atoms with Crippen molar-refractivity contribution in [3.63, 3.8) is 0 Å². The van der Waals surface area contributed by atoms with Gasteiger partial charge in [0.1, 0.15) is 11.6 Å². The number of aromatic hydroxyl groups is 1. The number of benzene rings is 1. The lowest BCUT2D eigenvalue weighted by atomic mass is 9.81. The summed E-state index contributed by atoms with van der Waals surface area (Å²) in [5.74, 6) is 1.15. The van der Waals surface area contributed by atoms with E-state index in [0.29, 0.717) is 19.0 Å². The maximum absolute atomic E-state index is 14.2. The molecule has 5 rings (SSSR count). The molecule has 1 N–H and O–H groups in total. The van der Waals surface area contributed by atoms with Crippen LogP contribution in [-0.2, 0) is 24.3 Å². The van der Waals surface area contributed by atoms with Crippen LogP contribution in [0.5, 0.6) is 5.75 Å². The van der Waals surface area contributed by atoms with Crippen LogP contribution in [0, 0.1) is 0 Å². The summed E-state index contributed by atoms with van der Waals surface area (Å²) in [6.45, 7) is 5.12. The van der Waals surface area contributed by atoms with Crippen LogP contribution in [-0.4, -0.2) is 44.9 Å². The number of nitrogens with zero attached hydrogens (tertiary/aromatic N) is 6. The summed E-state index contributed by atoms with van der Waals surface area (Å²) >= 11 is 0. The Bertz CT molecular complexity index is 1460. The number of fused-ring (bicyclic) bond motifs is 1. The molecule has 1 unspecified atom stereocenters. The van der Waals surface area contributed by atoms with E-state index >= 15 is 0 Å². The van der Waals surface area contributed by atoms with Crippen LogP contribution in [0.4, 0.5) is 11.5 Å². The van der Waals surface area contributed by atoms with Gasteiger partial charge in [-0.3, -0.25) is 14.5 Å². The standard InChI is InChI=1S/C31H36N6O2.2ClH/c1-21(2)28-15-14-24(17-32-28)37(31(39)27-11-6-10-26-25(27)9-7-12-29(26)38)19-22-16-33-36(18-22)20-23-8-5-13-30(34-23)35(3)4;;/h5,7-9,12-18,21,27,38H,6,10-11,19-20H2,1-4H3;2*1H. The van der Waals surface area contributed by atoms with Crippen molar-refractivity contribution in [1.82, 2.24) is 19.7 Å². The molecule has 3 heterocycles. The fourth-order valence-corrected chi connectivity index (χ4v) is 5.20. The van der Waals surface area contributed by atoms with Gasteiger partial charge in [0.15, 0.2) is 0 Å². The van der Waals surface area contributed by atoms with Gasteiger partial charge < -0.3 is 14.9 Å². The lowest BCUT2D eigenvalue weighted by Gasteiger charge is -2.31. The van der Waals surface area contributed by atoms with Crippen molar-refractivity contribution in [3.05, 3.63) is 95.2 Å². The second-order valence-electron chi connectivity index (χ2n) is 10.7. The molecule has 218 valence electrons. The van der Waals surface area contributed by atoms with E-state index in [1.54, 1.807) is 12.3 Å². The van der Waals surface area contributed by atoms with E-state index in [2.05, 4.69) is 23.9 Å². The van der Waals surface area contributed by atoms with Crippen LogP contribution >= 0.6 is 24.8 Å². The van der Waals surface area contributed by atoms with Crippen molar-refractivity contribution in [3.8, 4) is 5.75 Å². The first-order valence-corrected chi connectivity index (χ1v) is 13.5. The predicted molar refractivity (Wildman–Crippen MR) is 168 cm³/mol. The highest BCUT2D eigenvalue weighted by Gasteiger charge is 2.32. The minimum absolute atomic E-state index is 0. The lowest BCUT2D eigenvalue weighted by Crippen LogP contribution is -2.36. The van der Waals surface area contributed by atoms with Gasteiger partial charge in [-0.25, -0.2) is 4.98 Å². The number of pyridine rings is 2. The highest BCUT2D eigenvalue weighted by atomic mass is 35.5. The molecule has 1 aliphatic carbocycles. The molecule has 0 spiro atoms. The Hall–Kier alpha value is -3.62. The SMILES string of the molecule is CC(C)c1ccc(N(Cc2cnn(Cc3cccc(N(C)C)n3)c2)C(=O)C2CCCc3c(O)cccc32)cn1.Cl.Cl. The number of halogens is 2. The molecule has 0 aliphatic heterocycles. The third-order valence-corrected chi connectivity index (χ3v) is 7.32. The van der Waals surface area contributed by atoms with Gasteiger partial charge in [0.05, 0.1) is 42.8 Å². The monoisotopic (exact) mass is 596 g/mol. The van der Waals surface area contributed by atoms with Crippen LogP contribution in [0.3, 0.4) is 0 Å². The van der Waals surface area contributed by atoms with Gasteiger partial charge in [-0.15, -0.1) is 24.8 Å². The third kappa shape index (κ3) is 7.18. The molecule has 0 saturated carbocycles. The Morgan fingerprint density at radius 3 is 2.56 bits per heavy atom. The summed E-state index contributed by atoms with van der Waals surface area (Å²) < 4.78 is 1.85. The quantitative estimate of drug-likeness (QED) is 0.264. The number of phenols is 1. The van der Waals surface area contributed by atoms with Crippen molar-refractivity contribution in [2.24, 2.45) is 0 Å². The summed E-state index contributed by atoms with van der Waals surface area (Å²) in [5, 5.41) is 15.0. The first kappa shape index (κ1) is 31.9. The number of phenolic OH excluding ortho intramolecular Hbond substituents is 1. The smallest absolute Gasteiger partial charge is 0.234 e. The highest BCUT2D eigenvalue weighted by molar-refractivity contribution is 5.98. The molecule has 1 atom stereocenters. The second kappa shape index (κ2) is 13.8. The van der Waals surface area contributed by atoms with E-state index in [0.717, 1.165) is 58.8 Å². The molecule has 1 aliphatic rings. The molecular formula is C31H38Cl2N6O2. The fourth-order valence-electron chi connectivity index (χ4n) is 5.20. The van der Waals surface area contributed by atoms with Crippen LogP contribution in [0.2, 0.25) is 0 Å². The van der Waals surface area contributed by atoms with Gasteiger partial charge in [-0.05, 0) is 66.6 Å². The Balaban J connectivity index is 0.00000231. The molecule has 1 aromatic carbocycles. The highest BCUT2D eigenvalue weighted by Crippen LogP contribution is 2.38. The number of carbonyl (C=O) groups is 1. The normalized spacial score (nSPS) is 14.0. The van der Waals surface area contributed by atoms with Crippen LogP contribution in [0.25, 0.3) is 0 Å². The van der Waals surface area contributed by atoms with Gasteiger partial charge in [0.2, 0.25) is 5.91 Å². The van der Waals surface area contributed by atoms with E-state index in [9.17, 15) is 9.90 Å². The molecule has 1 amide bonds. The minimum Gasteiger partial charge on any atom is -0.508 e. The van der Waals surface area contributed by atoms with Crippen LogP contribution in [0.1, 0.15) is 66.6 Å². The molecule has 0 bridgehead atoms. The van der Waals surface area contributed by atoms with Gasteiger partial charge in [0.25, 0.3) is 0 Å². The van der Waals surface area contributed by atoms with E-state index in [1.165, 1.54) is 0 Å². The molecule has 3 aromatic heterocycles. The first-order chi connectivity index (χ1) is 18.8. The Kier molecular flexibility index (Phi) is 10.8. The summed E-state index contributed by atoms with van der Waals surface area (Å²) in [5.41, 5.74) is 5.38. The van der Waals surface area contributed by atoms with E-state index < -0.39 is 0 Å². The molecule has 0 fully saturated rings. The zero-order valence-electron chi connectivity index (χ0n) is 23.9. The van der Waals surface area contributed by atoms with Crippen molar-refractivity contribution in [1.29, 1.82) is 0 Å². The Labute approximate surface area is 254 Å². The lowest BCUT2D eigenvalue weighted by molar-refractivity contribution is -0.120. The Morgan fingerprint density at radius 1 is 1.07 bits per heavy atom. The number of hydrogen-bond acceptors (Lipinski definition) is 6. The molecule has 4 aromatic rings. The van der Waals surface area contributed by atoms with Crippen molar-refractivity contribution < 1.29 is 9.90 Å². The topological polar surface area (TPSA) is 87.4 Å². The van der Waals surface area contributed by atoms with Crippen LogP contribution in [0.15, 0.2) is 67.1 Å². The minimum atomic E-state index is -0.321. The van der Waals surface area contributed by atoms with Crippen molar-refractivity contribution >= 4 is 42.2 Å². The third-order valence-electron chi connectivity index (χ3n) is 7.32.